The molecule has 5 heterocycles. The van der Waals surface area contributed by atoms with E-state index in [0.29, 0.717) is 25.2 Å². The molecule has 1 spiro atoms. The third-order valence-corrected chi connectivity index (χ3v) is 11.3. The first kappa shape index (κ1) is 33.5. The molecule has 2 atom stereocenters. The number of hydrogen-bond acceptors (Lipinski definition) is 9. The normalized spacial score (nSPS) is 20.2. The quantitative estimate of drug-likeness (QED) is 0.226. The van der Waals surface area contributed by atoms with Crippen LogP contribution in [0.1, 0.15) is 38.2 Å². The van der Waals surface area contributed by atoms with E-state index >= 15 is 4.39 Å². The van der Waals surface area contributed by atoms with Crippen LogP contribution in [0.5, 0.6) is 6.01 Å². The van der Waals surface area contributed by atoms with Crippen LogP contribution in [0.3, 0.4) is 0 Å². The minimum Gasteiger partial charge on any atom is -0.459 e. The zero-order valence-corrected chi connectivity index (χ0v) is 28.1. The summed E-state index contributed by atoms with van der Waals surface area (Å²) in [4.78, 5) is 26.0. The summed E-state index contributed by atoms with van der Waals surface area (Å²) in [5.41, 5.74) is 5.36. The number of carbonyl (C=O) groups is 1. The Bertz CT molecular complexity index is 2040. The van der Waals surface area contributed by atoms with Crippen LogP contribution in [0.2, 0.25) is 5.02 Å². The molecule has 16 heteroatoms. The molecule has 3 saturated heterocycles. The zero-order chi connectivity index (χ0) is 35.0. The van der Waals surface area contributed by atoms with Crippen LogP contribution in [0.25, 0.3) is 32.1 Å². The van der Waals surface area contributed by atoms with Crippen molar-refractivity contribution in [3.05, 3.63) is 40.4 Å². The lowest BCUT2D eigenvalue weighted by Gasteiger charge is -2.54. The zero-order valence-electron chi connectivity index (χ0n) is 26.5. The summed E-state index contributed by atoms with van der Waals surface area (Å²) >= 11 is 7.69. The molecule has 3 aliphatic heterocycles. The van der Waals surface area contributed by atoms with E-state index in [1.165, 1.54) is 12.1 Å². The molecule has 1 unspecified atom stereocenters. The monoisotopic (exact) mass is 719 g/mol. The van der Waals surface area contributed by atoms with Crippen LogP contribution in [0.4, 0.5) is 32.8 Å². The largest absolute Gasteiger partial charge is 0.471 e. The molecular formula is C33H31ClF5N7O2S. The van der Waals surface area contributed by atoms with Gasteiger partial charge in [0.25, 0.3) is 0 Å². The average Bonchev–Trinajstić information content (AvgIpc) is 3.62. The number of rotatable bonds is 5. The number of nitrogens with zero attached hydrogens (tertiary/aromatic N) is 6. The smallest absolute Gasteiger partial charge is 0.459 e. The van der Waals surface area contributed by atoms with Crippen LogP contribution >= 0.6 is 22.9 Å². The average molecular weight is 720 g/mol. The Morgan fingerprint density at radius 3 is 2.63 bits per heavy atom. The maximum atomic E-state index is 17.0. The van der Waals surface area contributed by atoms with E-state index in [1.54, 1.807) is 0 Å². The number of nitrogens with two attached hydrogens (primary N) is 1. The first-order chi connectivity index (χ1) is 23.2. The number of piperidine rings is 1. The Morgan fingerprint density at radius 1 is 1.20 bits per heavy atom. The molecule has 1 amide bonds. The van der Waals surface area contributed by atoms with E-state index in [0.717, 1.165) is 41.7 Å². The van der Waals surface area contributed by atoms with Gasteiger partial charge < -0.3 is 20.3 Å². The van der Waals surface area contributed by atoms with E-state index in [9.17, 15) is 27.6 Å². The van der Waals surface area contributed by atoms with Gasteiger partial charge in [0.05, 0.1) is 15.3 Å². The van der Waals surface area contributed by atoms with Gasteiger partial charge in [-0.2, -0.15) is 28.4 Å². The summed E-state index contributed by atoms with van der Waals surface area (Å²) in [6.07, 6.45) is -2.25. The fourth-order valence-corrected chi connectivity index (χ4v) is 8.96. The molecule has 0 bridgehead atoms. The lowest BCUT2D eigenvalue weighted by molar-refractivity contribution is -0.196. The molecule has 2 N–H and O–H groups in total. The molecule has 0 saturated carbocycles. The minimum atomic E-state index is -4.96. The summed E-state index contributed by atoms with van der Waals surface area (Å²) < 4.78 is 77.6. The van der Waals surface area contributed by atoms with E-state index in [4.69, 9.17) is 27.1 Å². The molecule has 7 rings (SSSR count). The molecule has 0 aliphatic carbocycles. The molecule has 2 aromatic carbocycles. The van der Waals surface area contributed by atoms with Crippen molar-refractivity contribution in [2.24, 2.45) is 5.41 Å². The molecule has 9 nitrogen and oxygen atoms in total. The number of aromatic nitrogens is 2. The van der Waals surface area contributed by atoms with E-state index in [1.807, 2.05) is 24.9 Å². The molecule has 49 heavy (non-hydrogen) atoms. The second-order valence-electron chi connectivity index (χ2n) is 13.2. The second kappa shape index (κ2) is 12.1. The number of nitriles is 1. The Morgan fingerprint density at radius 2 is 1.96 bits per heavy atom. The number of likely N-dealkylation sites (N-methyl/N-ethyl adjacent to an activating group) is 1. The van der Waals surface area contributed by atoms with Crippen molar-refractivity contribution in [1.82, 2.24) is 19.8 Å². The number of fused-ring (bicyclic) bond motifs is 2. The van der Waals surface area contributed by atoms with Crippen LogP contribution in [-0.2, 0) is 4.79 Å². The first-order valence-electron chi connectivity index (χ1n) is 15.8. The number of ether oxygens (including phenoxy) is 1. The first-order valence-corrected chi connectivity index (χ1v) is 17.0. The summed E-state index contributed by atoms with van der Waals surface area (Å²) in [5, 5.41) is 10.3. The summed E-state index contributed by atoms with van der Waals surface area (Å²) in [5.74, 6) is -3.04. The minimum absolute atomic E-state index is 0.00383. The summed E-state index contributed by atoms with van der Waals surface area (Å²) in [7, 11) is 1.99. The van der Waals surface area contributed by atoms with Gasteiger partial charge in [-0.3, -0.25) is 9.69 Å². The number of nitrogen functional groups attached to an aromatic ring is 1. The molecular weight excluding hydrogens is 689 g/mol. The number of hydrogen-bond donors (Lipinski definition) is 1. The van der Waals surface area contributed by atoms with Gasteiger partial charge in [-0.15, -0.1) is 11.3 Å². The van der Waals surface area contributed by atoms with Gasteiger partial charge in [0.2, 0.25) is 0 Å². The van der Waals surface area contributed by atoms with Crippen molar-refractivity contribution in [2.45, 2.75) is 50.9 Å². The van der Waals surface area contributed by atoms with Gasteiger partial charge in [-0.1, -0.05) is 17.7 Å². The van der Waals surface area contributed by atoms with Gasteiger partial charge in [0.1, 0.15) is 34.3 Å². The fourth-order valence-electron chi connectivity index (χ4n) is 7.72. The van der Waals surface area contributed by atoms with Crippen LogP contribution in [0.15, 0.2) is 18.2 Å². The maximum Gasteiger partial charge on any atom is 0.471 e. The Balaban J connectivity index is 1.35. The SMILES string of the molecule is CC(Oc1nc(N2CCCC3(CN(C(=O)C(F)(F)F)C3)C2)c2cc(Cl)c(-c3ccc(F)c4sc(N)c(C#N)c34)c(F)c2n1)[C@@H]1CCCN1C. The summed E-state index contributed by atoms with van der Waals surface area (Å²) in [6.45, 7) is 3.38. The van der Waals surface area contributed by atoms with E-state index in [2.05, 4.69) is 9.88 Å². The van der Waals surface area contributed by atoms with Crippen LogP contribution < -0.4 is 15.4 Å². The van der Waals surface area contributed by atoms with Crippen molar-refractivity contribution >= 4 is 60.7 Å². The highest BCUT2D eigenvalue weighted by Gasteiger charge is 2.54. The lowest BCUT2D eigenvalue weighted by Crippen LogP contribution is -2.66. The third-order valence-electron chi connectivity index (χ3n) is 9.99. The predicted octanol–water partition coefficient (Wildman–Crippen LogP) is 6.75. The van der Waals surface area contributed by atoms with Gasteiger partial charge in [0, 0.05) is 54.0 Å². The summed E-state index contributed by atoms with van der Waals surface area (Å²) in [6, 6.07) is 5.97. The number of alkyl halides is 3. The van der Waals surface area contributed by atoms with Crippen molar-refractivity contribution in [1.29, 1.82) is 5.26 Å². The van der Waals surface area contributed by atoms with Gasteiger partial charge in [-0.05, 0) is 63.9 Å². The van der Waals surface area contributed by atoms with Gasteiger partial charge >= 0.3 is 18.1 Å². The molecule has 258 valence electrons. The number of likely N-dealkylation sites (tertiary alicyclic amines) is 2. The number of thiophene rings is 1. The highest BCUT2D eigenvalue weighted by atomic mass is 35.5. The highest BCUT2D eigenvalue weighted by molar-refractivity contribution is 7.23. The van der Waals surface area contributed by atoms with Gasteiger partial charge in [0.15, 0.2) is 5.82 Å². The fraction of sp³-hybridized carbons (Fsp3) is 0.455. The molecule has 2 aromatic heterocycles. The van der Waals surface area contributed by atoms with Crippen molar-refractivity contribution in [2.75, 3.05) is 50.4 Å². The Labute approximate surface area is 287 Å². The standard InChI is InChI=1S/C33H31ClF5N7O2S/c1-16(22-5-3-9-44(22)2)48-31-42-26-18(29(43-31)45-10-4-8-32(13-45)14-46(15-32)30(47)33(37,38)39)11-20(34)24(25(26)36)17-6-7-21(35)27-23(17)19(12-40)28(41)49-27/h6-7,11,16,22H,3-5,8-10,13-15,41H2,1-2H3/t16?,22-/m0/s1. The number of anilines is 2. The van der Waals surface area contributed by atoms with Crippen molar-refractivity contribution in [3.63, 3.8) is 0 Å². The predicted molar refractivity (Wildman–Crippen MR) is 177 cm³/mol. The van der Waals surface area contributed by atoms with Gasteiger partial charge in [-0.25, -0.2) is 8.78 Å². The molecule has 3 fully saturated rings. The van der Waals surface area contributed by atoms with E-state index < -0.39 is 29.1 Å². The van der Waals surface area contributed by atoms with E-state index in [-0.39, 0.29) is 85.5 Å². The highest BCUT2D eigenvalue weighted by Crippen LogP contribution is 2.47. The second-order valence-corrected chi connectivity index (χ2v) is 14.7. The third kappa shape index (κ3) is 5.67. The number of amides is 1. The lowest BCUT2D eigenvalue weighted by atomic mass is 9.73. The van der Waals surface area contributed by atoms with Crippen LogP contribution in [0, 0.1) is 28.4 Å². The number of carbonyl (C=O) groups excluding carboxylic acids is 1. The molecule has 4 aromatic rings. The van der Waals surface area contributed by atoms with Crippen molar-refractivity contribution < 1.29 is 31.5 Å². The topological polar surface area (TPSA) is 112 Å². The number of benzene rings is 2. The number of halogens is 6. The molecule has 0 radical (unpaired) electrons. The Kier molecular flexibility index (Phi) is 8.27. The van der Waals surface area contributed by atoms with Crippen molar-refractivity contribution in [3.8, 4) is 23.2 Å². The molecule has 3 aliphatic rings. The Hall–Kier alpha value is -4.00. The van der Waals surface area contributed by atoms with Crippen LogP contribution in [-0.4, -0.2) is 83.8 Å². The maximum absolute atomic E-state index is 17.0.